The smallest absolute Gasteiger partial charge is 0.333 e. The van der Waals surface area contributed by atoms with Crippen LogP contribution in [0.4, 0.5) is 28.4 Å². The predicted octanol–water partition coefficient (Wildman–Crippen LogP) is 12.5. The first-order valence-electron chi connectivity index (χ1n) is 19.1. The van der Waals surface area contributed by atoms with Crippen molar-refractivity contribution in [2.75, 3.05) is 9.71 Å². The zero-order chi connectivity index (χ0) is 36.6. The van der Waals surface area contributed by atoms with Gasteiger partial charge in [0.2, 0.25) is 0 Å². The quantitative estimate of drug-likeness (QED) is 0.167. The number of ether oxygens (including phenoxy) is 1. The van der Waals surface area contributed by atoms with E-state index in [4.69, 9.17) is 9.15 Å². The van der Waals surface area contributed by atoms with Gasteiger partial charge in [-0.05, 0) is 98.4 Å². The van der Waals surface area contributed by atoms with E-state index in [9.17, 15) is 0 Å². The average molecular weight is 707 g/mol. The molecule has 4 heterocycles. The molecule has 0 radical (unpaired) electrons. The Morgan fingerprint density at radius 2 is 1.29 bits per heavy atom. The zero-order valence-corrected chi connectivity index (χ0v) is 30.8. The van der Waals surface area contributed by atoms with Gasteiger partial charge in [0.25, 0.3) is 0 Å². The minimum Gasteiger partial charge on any atom is -0.456 e. The van der Waals surface area contributed by atoms with Crippen LogP contribution < -0.4 is 25.4 Å². The summed E-state index contributed by atoms with van der Waals surface area (Å²) < 4.78 is 13.4. The molecule has 0 amide bonds. The van der Waals surface area contributed by atoms with Crippen molar-refractivity contribution in [2.24, 2.45) is 0 Å². The Kier molecular flexibility index (Phi) is 6.10. The molecule has 55 heavy (non-hydrogen) atoms. The lowest BCUT2D eigenvalue weighted by Gasteiger charge is -2.48. The molecule has 0 bridgehead atoms. The van der Waals surface area contributed by atoms with Crippen LogP contribution in [0.15, 0.2) is 162 Å². The van der Waals surface area contributed by atoms with Crippen LogP contribution >= 0.6 is 0 Å². The third-order valence-electron chi connectivity index (χ3n) is 11.9. The SMILES string of the molecule is CC(C)(C)c1ccc(N2c3cc4c(cc3B3c5c2cc2ccccc2c5-c2cccc5c2N3c2ccccc2O5)oc2ccccc24)c(-c2ccccc2)c1. The highest BCUT2D eigenvalue weighted by molar-refractivity contribution is 6.94. The van der Waals surface area contributed by atoms with Gasteiger partial charge in [0, 0.05) is 33.3 Å². The lowest BCUT2D eigenvalue weighted by molar-refractivity contribution is 0.478. The van der Waals surface area contributed by atoms with Crippen LogP contribution in [0.2, 0.25) is 0 Å². The van der Waals surface area contributed by atoms with Crippen LogP contribution in [0.3, 0.4) is 0 Å². The van der Waals surface area contributed by atoms with Crippen molar-refractivity contribution in [1.82, 2.24) is 0 Å². The van der Waals surface area contributed by atoms with Gasteiger partial charge in [-0.2, -0.15) is 0 Å². The Hall–Kier alpha value is -6.72. The molecule has 0 aliphatic carbocycles. The van der Waals surface area contributed by atoms with Crippen molar-refractivity contribution in [2.45, 2.75) is 26.2 Å². The van der Waals surface area contributed by atoms with E-state index in [2.05, 4.69) is 188 Å². The Morgan fingerprint density at radius 1 is 0.527 bits per heavy atom. The first-order valence-corrected chi connectivity index (χ1v) is 19.1. The average Bonchev–Trinajstić information content (AvgIpc) is 3.58. The molecule has 3 aliphatic heterocycles. The fourth-order valence-corrected chi connectivity index (χ4v) is 9.45. The summed E-state index contributed by atoms with van der Waals surface area (Å²) in [6.45, 7) is 6.73. The number of furan rings is 1. The van der Waals surface area contributed by atoms with Crippen LogP contribution in [-0.2, 0) is 5.41 Å². The van der Waals surface area contributed by atoms with Crippen molar-refractivity contribution >= 4 is 78.9 Å². The molecule has 0 saturated heterocycles. The standard InChI is InChI=1S/C50H35BN2O2/c1-50(2,3)32-24-25-39(36(27-32)30-14-5-4-6-15-30)52-41-28-37-34-18-9-11-21-43(34)54-46(37)29-38(41)51-48-42(52)26-31-16-7-8-17-33(31)47(48)35-19-13-23-45-49(35)53(51)40-20-10-12-22-44(40)55-45/h4-29H,1-3H3. The summed E-state index contributed by atoms with van der Waals surface area (Å²) in [7, 11) is 0. The van der Waals surface area contributed by atoms with Gasteiger partial charge in [0.1, 0.15) is 16.9 Å². The Morgan fingerprint density at radius 3 is 2.16 bits per heavy atom. The van der Waals surface area contributed by atoms with E-state index in [1.165, 1.54) is 55.2 Å². The van der Waals surface area contributed by atoms with Crippen LogP contribution in [0.1, 0.15) is 26.3 Å². The van der Waals surface area contributed by atoms with Crippen molar-refractivity contribution in [3.63, 3.8) is 0 Å². The second-order valence-corrected chi connectivity index (χ2v) is 16.1. The van der Waals surface area contributed by atoms with E-state index in [0.29, 0.717) is 0 Å². The number of benzene rings is 8. The Bertz CT molecular complexity index is 3090. The number of fused-ring (bicyclic) bond motifs is 11. The maximum atomic E-state index is 6.71. The van der Waals surface area contributed by atoms with Crippen LogP contribution in [0.5, 0.6) is 11.5 Å². The molecule has 0 unspecified atom stereocenters. The van der Waals surface area contributed by atoms with Crippen LogP contribution in [0.25, 0.3) is 55.0 Å². The predicted molar refractivity (Wildman–Crippen MR) is 229 cm³/mol. The number of nitrogens with zero attached hydrogens (tertiary/aromatic N) is 2. The summed E-state index contributed by atoms with van der Waals surface area (Å²) in [5, 5.41) is 4.66. The first kappa shape index (κ1) is 30.7. The summed E-state index contributed by atoms with van der Waals surface area (Å²) in [6.07, 6.45) is 0. The zero-order valence-electron chi connectivity index (χ0n) is 30.8. The molecule has 5 heteroatoms. The van der Waals surface area contributed by atoms with E-state index < -0.39 is 0 Å². The van der Waals surface area contributed by atoms with E-state index in [1.807, 2.05) is 0 Å². The highest BCUT2D eigenvalue weighted by atomic mass is 16.5. The molecule has 0 N–H and O–H groups in total. The van der Waals surface area contributed by atoms with Crippen molar-refractivity contribution in [3.8, 4) is 33.8 Å². The van der Waals surface area contributed by atoms with E-state index in [-0.39, 0.29) is 12.3 Å². The maximum absolute atomic E-state index is 6.71. The third kappa shape index (κ3) is 4.24. The molecule has 0 spiro atoms. The van der Waals surface area contributed by atoms with Gasteiger partial charge in [0.15, 0.2) is 5.75 Å². The molecular formula is C50H35BN2O2. The Labute approximate surface area is 319 Å². The van der Waals surface area contributed by atoms with Crippen molar-refractivity contribution < 1.29 is 9.15 Å². The second-order valence-electron chi connectivity index (χ2n) is 16.1. The molecule has 0 atom stereocenters. The fourth-order valence-electron chi connectivity index (χ4n) is 9.45. The number of hydrogen-bond donors (Lipinski definition) is 0. The van der Waals surface area contributed by atoms with E-state index >= 15 is 0 Å². The molecule has 8 aromatic carbocycles. The molecule has 0 fully saturated rings. The van der Waals surface area contributed by atoms with Gasteiger partial charge < -0.3 is 18.9 Å². The van der Waals surface area contributed by atoms with Crippen molar-refractivity contribution in [3.05, 3.63) is 163 Å². The highest BCUT2D eigenvalue weighted by Crippen LogP contribution is 2.57. The number of rotatable bonds is 2. The lowest BCUT2D eigenvalue weighted by atomic mass is 9.43. The molecule has 3 aliphatic rings. The summed E-state index contributed by atoms with van der Waals surface area (Å²) in [4.78, 5) is 5.09. The highest BCUT2D eigenvalue weighted by Gasteiger charge is 2.49. The minimum absolute atomic E-state index is 0.0257. The molecule has 1 aromatic heterocycles. The first-order chi connectivity index (χ1) is 26.9. The minimum atomic E-state index is -0.161. The normalized spacial score (nSPS) is 13.8. The van der Waals surface area contributed by atoms with Crippen LogP contribution in [0, 0.1) is 0 Å². The number of para-hydroxylation sites is 4. The number of anilines is 5. The van der Waals surface area contributed by atoms with Crippen molar-refractivity contribution in [1.29, 1.82) is 0 Å². The van der Waals surface area contributed by atoms with Gasteiger partial charge >= 0.3 is 6.85 Å². The monoisotopic (exact) mass is 706 g/mol. The molecule has 9 aromatic rings. The lowest BCUT2D eigenvalue weighted by Crippen LogP contribution is -2.62. The van der Waals surface area contributed by atoms with Gasteiger partial charge in [-0.15, -0.1) is 0 Å². The topological polar surface area (TPSA) is 28.9 Å². The van der Waals surface area contributed by atoms with Gasteiger partial charge in [-0.1, -0.05) is 124 Å². The third-order valence-corrected chi connectivity index (χ3v) is 11.9. The molecule has 260 valence electrons. The molecular weight excluding hydrogens is 671 g/mol. The molecule has 0 saturated carbocycles. The second kappa shape index (κ2) is 10.9. The number of hydrogen-bond acceptors (Lipinski definition) is 4. The fraction of sp³-hybridized carbons (Fsp3) is 0.0800. The van der Waals surface area contributed by atoms with Gasteiger partial charge in [-0.3, -0.25) is 0 Å². The largest absolute Gasteiger partial charge is 0.456 e. The summed E-state index contributed by atoms with van der Waals surface area (Å²) in [5.41, 5.74) is 16.0. The summed E-state index contributed by atoms with van der Waals surface area (Å²) >= 11 is 0. The molecule has 12 rings (SSSR count). The van der Waals surface area contributed by atoms with E-state index in [0.717, 1.165) is 56.2 Å². The Balaban J connectivity index is 1.27. The van der Waals surface area contributed by atoms with Crippen LogP contribution in [-0.4, -0.2) is 6.85 Å². The van der Waals surface area contributed by atoms with Gasteiger partial charge in [0.05, 0.1) is 17.1 Å². The molecule has 4 nitrogen and oxygen atoms in total. The summed E-state index contributed by atoms with van der Waals surface area (Å²) in [5.74, 6) is 1.73. The van der Waals surface area contributed by atoms with Gasteiger partial charge in [-0.25, -0.2) is 0 Å². The summed E-state index contributed by atoms with van der Waals surface area (Å²) in [6, 6.07) is 57.4. The maximum Gasteiger partial charge on any atom is 0.333 e. The van der Waals surface area contributed by atoms with E-state index in [1.54, 1.807) is 0 Å².